The average molecular weight is 222 g/mol. The Hall–Kier alpha value is -0.560. The zero-order valence-electron chi connectivity index (χ0n) is 11.2. The van der Waals surface area contributed by atoms with E-state index in [1.54, 1.807) is 0 Å². The molecule has 0 spiro atoms. The predicted octanol–water partition coefficient (Wildman–Crippen LogP) is 3.94. The molecule has 1 rings (SSSR count). The molecule has 0 radical (unpaired) electrons. The fourth-order valence-electron chi connectivity index (χ4n) is 2.89. The highest BCUT2D eigenvalue weighted by Crippen LogP contribution is 2.40. The van der Waals surface area contributed by atoms with E-state index in [9.17, 15) is 5.11 Å². The van der Waals surface area contributed by atoms with Crippen LogP contribution >= 0.6 is 0 Å². The summed E-state index contributed by atoms with van der Waals surface area (Å²) in [6, 6.07) is 0. The molecule has 16 heavy (non-hydrogen) atoms. The molecule has 1 saturated carbocycles. The lowest BCUT2D eigenvalue weighted by Gasteiger charge is -2.40. The van der Waals surface area contributed by atoms with Crippen molar-refractivity contribution in [1.29, 1.82) is 0 Å². The number of allylic oxidation sites excluding steroid dienone is 3. The predicted molar refractivity (Wildman–Crippen MR) is 70.2 cm³/mol. The Morgan fingerprint density at radius 3 is 2.50 bits per heavy atom. The van der Waals surface area contributed by atoms with Crippen molar-refractivity contribution in [3.63, 3.8) is 0 Å². The SMILES string of the molecule is C=CC(C)=CC1CC(C)CCC1C(C)(C)O. The summed E-state index contributed by atoms with van der Waals surface area (Å²) in [4.78, 5) is 0. The fourth-order valence-corrected chi connectivity index (χ4v) is 2.89. The molecule has 0 bridgehead atoms. The number of hydrogen-bond acceptors (Lipinski definition) is 1. The fraction of sp³-hybridized carbons (Fsp3) is 0.733. The molecule has 0 amide bonds. The molecular formula is C15H26O. The van der Waals surface area contributed by atoms with Crippen molar-refractivity contribution in [3.8, 4) is 0 Å². The molecule has 1 fully saturated rings. The molecule has 1 aliphatic carbocycles. The molecule has 0 heterocycles. The highest BCUT2D eigenvalue weighted by atomic mass is 16.3. The minimum absolute atomic E-state index is 0.388. The van der Waals surface area contributed by atoms with E-state index in [2.05, 4.69) is 26.5 Å². The highest BCUT2D eigenvalue weighted by Gasteiger charge is 2.36. The van der Waals surface area contributed by atoms with Gasteiger partial charge in [0.1, 0.15) is 0 Å². The van der Waals surface area contributed by atoms with E-state index in [4.69, 9.17) is 0 Å². The van der Waals surface area contributed by atoms with Crippen molar-refractivity contribution < 1.29 is 5.11 Å². The van der Waals surface area contributed by atoms with Gasteiger partial charge in [-0.05, 0) is 51.4 Å². The zero-order valence-corrected chi connectivity index (χ0v) is 11.2. The summed E-state index contributed by atoms with van der Waals surface area (Å²) in [6.07, 6.45) is 7.77. The molecule has 1 N–H and O–H groups in total. The van der Waals surface area contributed by atoms with Gasteiger partial charge >= 0.3 is 0 Å². The van der Waals surface area contributed by atoms with Crippen LogP contribution in [0.25, 0.3) is 0 Å². The van der Waals surface area contributed by atoms with E-state index in [0.717, 1.165) is 12.3 Å². The summed E-state index contributed by atoms with van der Waals surface area (Å²) in [6.45, 7) is 12.1. The molecule has 0 aliphatic heterocycles. The number of hydrogen-bond donors (Lipinski definition) is 1. The quantitative estimate of drug-likeness (QED) is 0.717. The summed E-state index contributed by atoms with van der Waals surface area (Å²) in [7, 11) is 0. The van der Waals surface area contributed by atoms with Crippen LogP contribution < -0.4 is 0 Å². The van der Waals surface area contributed by atoms with Gasteiger partial charge in [0, 0.05) is 0 Å². The molecule has 0 aromatic heterocycles. The van der Waals surface area contributed by atoms with Crippen LogP contribution in [-0.2, 0) is 0 Å². The minimum atomic E-state index is -0.567. The Morgan fingerprint density at radius 2 is 2.00 bits per heavy atom. The minimum Gasteiger partial charge on any atom is -0.390 e. The zero-order chi connectivity index (χ0) is 12.3. The third-order valence-corrected chi connectivity index (χ3v) is 3.87. The molecule has 0 aromatic carbocycles. The topological polar surface area (TPSA) is 20.2 Å². The summed E-state index contributed by atoms with van der Waals surface area (Å²) < 4.78 is 0. The van der Waals surface area contributed by atoms with Gasteiger partial charge in [-0.1, -0.05) is 37.6 Å². The van der Waals surface area contributed by atoms with Crippen molar-refractivity contribution in [2.75, 3.05) is 0 Å². The van der Waals surface area contributed by atoms with E-state index in [1.807, 2.05) is 19.9 Å². The van der Waals surface area contributed by atoms with Crippen molar-refractivity contribution in [2.45, 2.75) is 52.6 Å². The number of rotatable bonds is 3. The molecular weight excluding hydrogens is 196 g/mol. The molecule has 0 aromatic rings. The first-order valence-corrected chi connectivity index (χ1v) is 6.37. The number of aliphatic hydroxyl groups is 1. The van der Waals surface area contributed by atoms with Crippen LogP contribution in [0.1, 0.15) is 47.0 Å². The van der Waals surface area contributed by atoms with Gasteiger partial charge < -0.3 is 5.11 Å². The van der Waals surface area contributed by atoms with Gasteiger partial charge in [-0.3, -0.25) is 0 Å². The lowest BCUT2D eigenvalue weighted by atomic mass is 9.68. The Balaban J connectivity index is 2.85. The standard InChI is InChI=1S/C15H26O/c1-6-11(2)9-13-10-12(3)7-8-14(13)15(4,5)16/h6,9,12-14,16H,1,7-8,10H2,2-5H3. The van der Waals surface area contributed by atoms with Crippen LogP contribution in [0.15, 0.2) is 24.3 Å². The Labute approximate surface area is 100 Å². The summed E-state index contributed by atoms with van der Waals surface area (Å²) >= 11 is 0. The lowest BCUT2D eigenvalue weighted by molar-refractivity contribution is -0.0235. The van der Waals surface area contributed by atoms with Gasteiger partial charge in [-0.25, -0.2) is 0 Å². The average Bonchev–Trinajstić information content (AvgIpc) is 2.15. The third kappa shape index (κ3) is 3.48. The van der Waals surface area contributed by atoms with E-state index in [1.165, 1.54) is 18.4 Å². The molecule has 1 aliphatic rings. The van der Waals surface area contributed by atoms with E-state index in [0.29, 0.717) is 11.8 Å². The van der Waals surface area contributed by atoms with Crippen LogP contribution in [0, 0.1) is 17.8 Å². The van der Waals surface area contributed by atoms with Crippen molar-refractivity contribution in [3.05, 3.63) is 24.3 Å². The van der Waals surface area contributed by atoms with Crippen molar-refractivity contribution in [1.82, 2.24) is 0 Å². The van der Waals surface area contributed by atoms with Gasteiger partial charge in [0.2, 0.25) is 0 Å². The van der Waals surface area contributed by atoms with Gasteiger partial charge in [0.15, 0.2) is 0 Å². The largest absolute Gasteiger partial charge is 0.390 e. The maximum absolute atomic E-state index is 10.2. The van der Waals surface area contributed by atoms with Crippen LogP contribution in [0.4, 0.5) is 0 Å². The van der Waals surface area contributed by atoms with Crippen LogP contribution in [0.3, 0.4) is 0 Å². The molecule has 0 saturated heterocycles. The first-order valence-electron chi connectivity index (χ1n) is 6.37. The monoisotopic (exact) mass is 222 g/mol. The smallest absolute Gasteiger partial charge is 0.0625 e. The maximum atomic E-state index is 10.2. The second kappa shape index (κ2) is 5.18. The lowest BCUT2D eigenvalue weighted by Crippen LogP contribution is -2.39. The Morgan fingerprint density at radius 1 is 1.38 bits per heavy atom. The molecule has 92 valence electrons. The second-order valence-electron chi connectivity index (χ2n) is 5.96. The van der Waals surface area contributed by atoms with Crippen LogP contribution in [0.5, 0.6) is 0 Å². The van der Waals surface area contributed by atoms with Crippen molar-refractivity contribution in [2.24, 2.45) is 17.8 Å². The first kappa shape index (κ1) is 13.5. The Kier molecular flexibility index (Phi) is 4.37. The van der Waals surface area contributed by atoms with Gasteiger partial charge in [-0.2, -0.15) is 0 Å². The molecule has 1 nitrogen and oxygen atoms in total. The second-order valence-corrected chi connectivity index (χ2v) is 5.96. The van der Waals surface area contributed by atoms with Crippen molar-refractivity contribution >= 4 is 0 Å². The van der Waals surface area contributed by atoms with E-state index in [-0.39, 0.29) is 0 Å². The van der Waals surface area contributed by atoms with Crippen LogP contribution in [-0.4, -0.2) is 10.7 Å². The summed E-state index contributed by atoms with van der Waals surface area (Å²) in [5, 5.41) is 10.2. The normalized spacial score (nSPS) is 32.6. The maximum Gasteiger partial charge on any atom is 0.0625 e. The Bertz CT molecular complexity index is 270. The van der Waals surface area contributed by atoms with E-state index >= 15 is 0 Å². The summed E-state index contributed by atoms with van der Waals surface area (Å²) in [5.41, 5.74) is 0.663. The molecule has 1 heteroatoms. The van der Waals surface area contributed by atoms with E-state index < -0.39 is 5.60 Å². The summed E-state index contributed by atoms with van der Waals surface area (Å²) in [5.74, 6) is 1.66. The van der Waals surface area contributed by atoms with Gasteiger partial charge in [0.05, 0.1) is 5.60 Å². The van der Waals surface area contributed by atoms with Crippen LogP contribution in [0.2, 0.25) is 0 Å². The third-order valence-electron chi connectivity index (χ3n) is 3.87. The highest BCUT2D eigenvalue weighted by molar-refractivity contribution is 5.15. The van der Waals surface area contributed by atoms with Gasteiger partial charge in [0.25, 0.3) is 0 Å². The first-order chi connectivity index (χ1) is 7.34. The molecule has 3 unspecified atom stereocenters. The molecule has 3 atom stereocenters. The van der Waals surface area contributed by atoms with Gasteiger partial charge in [-0.15, -0.1) is 0 Å².